The van der Waals surface area contributed by atoms with Crippen LogP contribution in [0.4, 0.5) is 0 Å². The molecule has 0 saturated heterocycles. The summed E-state index contributed by atoms with van der Waals surface area (Å²) < 4.78 is -0.499. The predicted molar refractivity (Wildman–Crippen MR) is 62.8 cm³/mol. The van der Waals surface area contributed by atoms with E-state index in [1.54, 1.807) is 0 Å². The van der Waals surface area contributed by atoms with E-state index in [1.807, 2.05) is 0 Å². The summed E-state index contributed by atoms with van der Waals surface area (Å²) in [4.78, 5) is 0. The molecule has 2 rings (SSSR count). The lowest BCUT2D eigenvalue weighted by Gasteiger charge is -1.95. The van der Waals surface area contributed by atoms with Crippen molar-refractivity contribution in [2.45, 2.75) is 17.7 Å². The molecule has 0 aliphatic heterocycles. The summed E-state index contributed by atoms with van der Waals surface area (Å²) in [5.41, 5.74) is 2.48. The molecule has 1 saturated carbocycles. The van der Waals surface area contributed by atoms with Gasteiger partial charge in [-0.05, 0) is 18.9 Å². The van der Waals surface area contributed by atoms with Gasteiger partial charge < -0.3 is 0 Å². The summed E-state index contributed by atoms with van der Waals surface area (Å²) in [6, 6.07) is 8.39. The number of hydrogen-bond acceptors (Lipinski definition) is 0. The summed E-state index contributed by atoms with van der Waals surface area (Å²) in [6.45, 7) is 2.08. The van der Waals surface area contributed by atoms with Gasteiger partial charge in [0.25, 0.3) is 0 Å². The van der Waals surface area contributed by atoms with Crippen molar-refractivity contribution in [3.8, 4) is 0 Å². The van der Waals surface area contributed by atoms with Gasteiger partial charge in [-0.3, -0.25) is 0 Å². The molecular weight excluding hydrogens is 215 g/mol. The molecule has 0 nitrogen and oxygen atoms in total. The van der Waals surface area contributed by atoms with Crippen LogP contribution in [-0.4, -0.2) is 4.33 Å². The zero-order valence-corrected chi connectivity index (χ0v) is 9.52. The van der Waals surface area contributed by atoms with Crippen molar-refractivity contribution in [1.82, 2.24) is 0 Å². The fourth-order valence-electron chi connectivity index (χ4n) is 1.35. The van der Waals surface area contributed by atoms with Crippen molar-refractivity contribution in [3.05, 3.63) is 41.5 Å². The molecule has 0 N–H and O–H groups in total. The minimum Gasteiger partial charge on any atom is -0.101 e. The maximum atomic E-state index is 5.91. The molecule has 2 heteroatoms. The maximum Gasteiger partial charge on any atom is 0.125 e. The Labute approximate surface area is 94.5 Å². The van der Waals surface area contributed by atoms with Crippen LogP contribution in [0, 0.1) is 12.8 Å². The average Bonchev–Trinajstić information content (AvgIpc) is 2.73. The smallest absolute Gasteiger partial charge is 0.101 e. The van der Waals surface area contributed by atoms with E-state index in [-0.39, 0.29) is 0 Å². The Morgan fingerprint density at radius 1 is 1.29 bits per heavy atom. The Morgan fingerprint density at radius 2 is 1.86 bits per heavy atom. The van der Waals surface area contributed by atoms with Gasteiger partial charge in [-0.1, -0.05) is 42.0 Å². The van der Waals surface area contributed by atoms with E-state index in [2.05, 4.69) is 43.3 Å². The van der Waals surface area contributed by atoms with Crippen LogP contribution in [0.2, 0.25) is 0 Å². The van der Waals surface area contributed by atoms with Crippen LogP contribution in [0.25, 0.3) is 6.08 Å². The van der Waals surface area contributed by atoms with Gasteiger partial charge in [-0.25, -0.2) is 0 Å². The van der Waals surface area contributed by atoms with Crippen LogP contribution >= 0.6 is 23.2 Å². The number of hydrogen-bond donors (Lipinski definition) is 0. The van der Waals surface area contributed by atoms with Crippen LogP contribution in [0.3, 0.4) is 0 Å². The molecule has 1 aliphatic rings. The van der Waals surface area contributed by atoms with E-state index in [0.717, 1.165) is 6.42 Å². The molecule has 74 valence electrons. The Morgan fingerprint density at radius 3 is 2.36 bits per heavy atom. The van der Waals surface area contributed by atoms with Crippen molar-refractivity contribution in [1.29, 1.82) is 0 Å². The fourth-order valence-corrected chi connectivity index (χ4v) is 1.83. The van der Waals surface area contributed by atoms with Crippen LogP contribution in [0.15, 0.2) is 30.3 Å². The van der Waals surface area contributed by atoms with Crippen molar-refractivity contribution < 1.29 is 0 Å². The van der Waals surface area contributed by atoms with Crippen LogP contribution in [-0.2, 0) is 0 Å². The van der Waals surface area contributed by atoms with Crippen molar-refractivity contribution >= 4 is 29.3 Å². The summed E-state index contributed by atoms with van der Waals surface area (Å²) in [5, 5.41) is 0. The first-order chi connectivity index (χ1) is 6.58. The summed E-state index contributed by atoms with van der Waals surface area (Å²) in [6.07, 6.45) is 5.04. The lowest BCUT2D eigenvalue weighted by atomic mass is 10.1. The molecular formula is C12H12Cl2. The predicted octanol–water partition coefficient (Wildman–Crippen LogP) is 4.20. The molecule has 0 radical (unpaired) electrons. The highest BCUT2D eigenvalue weighted by Crippen LogP contribution is 2.54. The van der Waals surface area contributed by atoms with E-state index in [4.69, 9.17) is 23.2 Å². The van der Waals surface area contributed by atoms with E-state index >= 15 is 0 Å². The topological polar surface area (TPSA) is 0 Å². The first-order valence-electron chi connectivity index (χ1n) is 4.71. The molecule has 1 aliphatic carbocycles. The molecule has 0 bridgehead atoms. The van der Waals surface area contributed by atoms with Gasteiger partial charge in [0.05, 0.1) is 0 Å². The zero-order valence-electron chi connectivity index (χ0n) is 8.00. The van der Waals surface area contributed by atoms with Crippen molar-refractivity contribution in [3.63, 3.8) is 0 Å². The van der Waals surface area contributed by atoms with Gasteiger partial charge in [-0.15, -0.1) is 23.2 Å². The number of alkyl halides is 2. The first kappa shape index (κ1) is 10.1. The second kappa shape index (κ2) is 3.60. The Bertz CT molecular complexity index is 349. The van der Waals surface area contributed by atoms with Crippen molar-refractivity contribution in [2.75, 3.05) is 0 Å². The van der Waals surface area contributed by atoms with Crippen LogP contribution in [0.5, 0.6) is 0 Å². The van der Waals surface area contributed by atoms with Gasteiger partial charge in [0.15, 0.2) is 0 Å². The molecule has 14 heavy (non-hydrogen) atoms. The minimum atomic E-state index is -0.499. The molecule has 0 aromatic heterocycles. The fraction of sp³-hybridized carbons (Fsp3) is 0.333. The van der Waals surface area contributed by atoms with E-state index in [9.17, 15) is 0 Å². The molecule has 0 amide bonds. The Balaban J connectivity index is 2.01. The van der Waals surface area contributed by atoms with E-state index in [1.165, 1.54) is 11.1 Å². The largest absolute Gasteiger partial charge is 0.125 e. The van der Waals surface area contributed by atoms with Gasteiger partial charge in [0.1, 0.15) is 4.33 Å². The SMILES string of the molecule is Cc1ccc(C=CC2CC2(Cl)Cl)cc1. The first-order valence-corrected chi connectivity index (χ1v) is 5.46. The standard InChI is InChI=1S/C12H12Cl2/c1-9-2-4-10(5-3-9)6-7-11-8-12(11,13)14/h2-7,11H,8H2,1H3. The number of allylic oxidation sites excluding steroid dienone is 1. The summed E-state index contributed by atoms with van der Waals surface area (Å²) in [5.74, 6) is 0.326. The zero-order chi connectivity index (χ0) is 10.2. The third-order valence-electron chi connectivity index (χ3n) is 2.47. The van der Waals surface area contributed by atoms with Gasteiger partial charge in [0.2, 0.25) is 0 Å². The highest BCUT2D eigenvalue weighted by molar-refractivity contribution is 6.51. The molecule has 1 fully saturated rings. The molecule has 1 atom stereocenters. The normalized spacial score (nSPS) is 24.1. The second-order valence-corrected chi connectivity index (χ2v) is 5.38. The number of halogens is 2. The Kier molecular flexibility index (Phi) is 2.59. The molecule has 1 aromatic rings. The molecule has 1 unspecified atom stereocenters. The average molecular weight is 227 g/mol. The van der Waals surface area contributed by atoms with Gasteiger partial charge in [-0.2, -0.15) is 0 Å². The summed E-state index contributed by atoms with van der Waals surface area (Å²) in [7, 11) is 0. The van der Waals surface area contributed by atoms with Crippen LogP contribution < -0.4 is 0 Å². The van der Waals surface area contributed by atoms with Gasteiger partial charge >= 0.3 is 0 Å². The van der Waals surface area contributed by atoms with Gasteiger partial charge in [0, 0.05) is 5.92 Å². The third kappa shape index (κ3) is 2.31. The molecule has 0 spiro atoms. The van der Waals surface area contributed by atoms with Crippen molar-refractivity contribution in [2.24, 2.45) is 5.92 Å². The second-order valence-electron chi connectivity index (χ2n) is 3.84. The molecule has 0 heterocycles. The summed E-state index contributed by atoms with van der Waals surface area (Å²) >= 11 is 11.8. The monoisotopic (exact) mass is 226 g/mol. The van der Waals surface area contributed by atoms with Crippen LogP contribution in [0.1, 0.15) is 17.5 Å². The lowest BCUT2D eigenvalue weighted by molar-refractivity contribution is 1.10. The highest BCUT2D eigenvalue weighted by atomic mass is 35.5. The highest BCUT2D eigenvalue weighted by Gasteiger charge is 2.49. The maximum absolute atomic E-state index is 5.91. The Hall–Kier alpha value is -0.460. The van der Waals surface area contributed by atoms with E-state index in [0.29, 0.717) is 5.92 Å². The third-order valence-corrected chi connectivity index (χ3v) is 3.34. The van der Waals surface area contributed by atoms with E-state index < -0.39 is 4.33 Å². The quantitative estimate of drug-likeness (QED) is 0.664. The molecule has 1 aromatic carbocycles. The number of rotatable bonds is 2. The minimum absolute atomic E-state index is 0.326. The number of benzene rings is 1. The lowest BCUT2D eigenvalue weighted by Crippen LogP contribution is -1.85. The number of aryl methyl sites for hydroxylation is 1.